The molecule has 4 rings (SSSR count). The largest absolute Gasteiger partial charge is 0.441 e. The van der Waals surface area contributed by atoms with Crippen molar-refractivity contribution in [1.82, 2.24) is 4.98 Å². The molecular weight excluding hydrogens is 379 g/mol. The van der Waals surface area contributed by atoms with E-state index < -0.39 is 0 Å². The number of nitrogens with zero attached hydrogens (tertiary/aromatic N) is 1. The second kappa shape index (κ2) is 8.11. The molecule has 0 saturated carbocycles. The first kappa shape index (κ1) is 19.8. The van der Waals surface area contributed by atoms with E-state index in [0.29, 0.717) is 22.7 Å². The van der Waals surface area contributed by atoms with E-state index >= 15 is 0 Å². The fourth-order valence-corrected chi connectivity index (χ4v) is 3.65. The number of para-hydroxylation sites is 1. The Morgan fingerprint density at radius 2 is 1.73 bits per heavy atom. The van der Waals surface area contributed by atoms with Crippen molar-refractivity contribution in [2.45, 2.75) is 33.1 Å². The number of nitrogens with one attached hydrogen (secondary N) is 1. The highest BCUT2D eigenvalue weighted by atomic mass is 19.1. The molecule has 0 saturated heterocycles. The zero-order valence-corrected chi connectivity index (χ0v) is 17.2. The van der Waals surface area contributed by atoms with Crippen LogP contribution in [0.1, 0.15) is 40.5 Å². The molecule has 0 aliphatic heterocycles. The molecule has 152 valence electrons. The lowest BCUT2D eigenvalue weighted by atomic mass is 9.86. The standard InChI is InChI=1S/C25H23FN2O2/c1-15-7-8-19(13-16(15)2)21(18-9-11-20(26)12-10-18)14-24(29)28-22-5-4-6-23-25(22)27-17(3)30-23/h4-13,21H,14H2,1-3H3,(H,28,29). The summed E-state index contributed by atoms with van der Waals surface area (Å²) < 4.78 is 19.0. The van der Waals surface area contributed by atoms with Crippen molar-refractivity contribution in [1.29, 1.82) is 0 Å². The summed E-state index contributed by atoms with van der Waals surface area (Å²) in [6.07, 6.45) is 0.224. The fourth-order valence-electron chi connectivity index (χ4n) is 3.65. The maximum absolute atomic E-state index is 13.5. The topological polar surface area (TPSA) is 55.1 Å². The average Bonchev–Trinajstić information content (AvgIpc) is 3.10. The van der Waals surface area contributed by atoms with Gasteiger partial charge in [0.05, 0.1) is 5.69 Å². The molecule has 30 heavy (non-hydrogen) atoms. The molecule has 1 N–H and O–H groups in total. The number of carbonyl (C=O) groups is 1. The minimum atomic E-state index is -0.296. The number of aromatic nitrogens is 1. The molecule has 3 aromatic carbocycles. The predicted molar refractivity (Wildman–Crippen MR) is 116 cm³/mol. The Hall–Kier alpha value is -3.47. The number of fused-ring (bicyclic) bond motifs is 1. The van der Waals surface area contributed by atoms with Crippen LogP contribution >= 0.6 is 0 Å². The van der Waals surface area contributed by atoms with Gasteiger partial charge in [0.1, 0.15) is 11.3 Å². The highest BCUT2D eigenvalue weighted by Gasteiger charge is 2.20. The van der Waals surface area contributed by atoms with Crippen LogP contribution < -0.4 is 5.32 Å². The van der Waals surface area contributed by atoms with Crippen molar-refractivity contribution in [3.63, 3.8) is 0 Å². The van der Waals surface area contributed by atoms with Gasteiger partial charge in [-0.25, -0.2) is 9.37 Å². The molecule has 0 aliphatic rings. The third kappa shape index (κ3) is 4.10. The van der Waals surface area contributed by atoms with Crippen molar-refractivity contribution < 1.29 is 13.6 Å². The molecule has 0 radical (unpaired) electrons. The molecule has 0 fully saturated rings. The molecule has 1 atom stereocenters. The van der Waals surface area contributed by atoms with Crippen LogP contribution in [0.15, 0.2) is 65.1 Å². The fraction of sp³-hybridized carbons (Fsp3) is 0.200. The maximum atomic E-state index is 13.5. The normalized spacial score (nSPS) is 12.1. The van der Waals surface area contributed by atoms with E-state index in [1.807, 2.05) is 31.2 Å². The number of anilines is 1. The monoisotopic (exact) mass is 402 g/mol. The second-order valence-corrected chi connectivity index (χ2v) is 7.59. The zero-order chi connectivity index (χ0) is 21.3. The summed E-state index contributed by atoms with van der Waals surface area (Å²) in [6.45, 7) is 5.88. The molecule has 1 aromatic heterocycles. The van der Waals surface area contributed by atoms with Gasteiger partial charge >= 0.3 is 0 Å². The van der Waals surface area contributed by atoms with Gasteiger partial charge in [-0.2, -0.15) is 0 Å². The van der Waals surface area contributed by atoms with Gasteiger partial charge < -0.3 is 9.73 Å². The molecule has 5 heteroatoms. The number of rotatable bonds is 5. The lowest BCUT2D eigenvalue weighted by Gasteiger charge is -2.19. The SMILES string of the molecule is Cc1nc2c(NC(=O)CC(c3ccc(F)cc3)c3ccc(C)c(C)c3)cccc2o1. The Balaban J connectivity index is 1.64. The van der Waals surface area contributed by atoms with Crippen LogP contribution in [0.4, 0.5) is 10.1 Å². The van der Waals surface area contributed by atoms with Gasteiger partial charge in [-0.15, -0.1) is 0 Å². The number of hydrogen-bond acceptors (Lipinski definition) is 3. The smallest absolute Gasteiger partial charge is 0.225 e. The van der Waals surface area contributed by atoms with E-state index in [9.17, 15) is 9.18 Å². The van der Waals surface area contributed by atoms with E-state index in [1.54, 1.807) is 19.1 Å². The number of aryl methyl sites for hydroxylation is 3. The van der Waals surface area contributed by atoms with Gasteiger partial charge in [0.2, 0.25) is 5.91 Å². The third-order valence-electron chi connectivity index (χ3n) is 5.40. The predicted octanol–water partition coefficient (Wildman–Crippen LogP) is 6.05. The lowest BCUT2D eigenvalue weighted by Crippen LogP contribution is -2.17. The van der Waals surface area contributed by atoms with Crippen LogP contribution in [0.3, 0.4) is 0 Å². The van der Waals surface area contributed by atoms with Crippen LogP contribution in [0, 0.1) is 26.6 Å². The molecular formula is C25H23FN2O2. The van der Waals surface area contributed by atoms with Crippen molar-refractivity contribution >= 4 is 22.7 Å². The van der Waals surface area contributed by atoms with Crippen molar-refractivity contribution in [3.8, 4) is 0 Å². The third-order valence-corrected chi connectivity index (χ3v) is 5.40. The van der Waals surface area contributed by atoms with E-state index in [4.69, 9.17) is 4.42 Å². The highest BCUT2D eigenvalue weighted by Crippen LogP contribution is 2.31. The molecule has 0 aliphatic carbocycles. The van der Waals surface area contributed by atoms with Crippen LogP contribution in [0.2, 0.25) is 0 Å². The van der Waals surface area contributed by atoms with Crippen LogP contribution in [-0.2, 0) is 4.79 Å². The molecule has 1 heterocycles. The summed E-state index contributed by atoms with van der Waals surface area (Å²) in [5, 5.41) is 2.97. The first-order valence-corrected chi connectivity index (χ1v) is 9.89. The van der Waals surface area contributed by atoms with E-state index in [-0.39, 0.29) is 24.1 Å². The summed E-state index contributed by atoms with van der Waals surface area (Å²) >= 11 is 0. The van der Waals surface area contributed by atoms with Crippen molar-refractivity contribution in [2.75, 3.05) is 5.32 Å². The Kier molecular flexibility index (Phi) is 5.36. The Bertz CT molecular complexity index is 1210. The number of amides is 1. The van der Waals surface area contributed by atoms with E-state index in [0.717, 1.165) is 16.7 Å². The van der Waals surface area contributed by atoms with Gasteiger partial charge in [0.25, 0.3) is 0 Å². The maximum Gasteiger partial charge on any atom is 0.225 e. The van der Waals surface area contributed by atoms with Crippen molar-refractivity contribution in [2.24, 2.45) is 0 Å². The molecule has 4 aromatic rings. The second-order valence-electron chi connectivity index (χ2n) is 7.59. The summed E-state index contributed by atoms with van der Waals surface area (Å²) in [6, 6.07) is 18.0. The number of carbonyl (C=O) groups excluding carboxylic acids is 1. The first-order valence-electron chi connectivity index (χ1n) is 9.89. The number of halogens is 1. The number of oxazole rings is 1. The van der Waals surface area contributed by atoms with Gasteiger partial charge in [-0.05, 0) is 60.4 Å². The molecule has 0 spiro atoms. The van der Waals surface area contributed by atoms with Gasteiger partial charge in [-0.1, -0.05) is 36.4 Å². The number of hydrogen-bond donors (Lipinski definition) is 1. The Morgan fingerprint density at radius 1 is 1.00 bits per heavy atom. The summed E-state index contributed by atoms with van der Waals surface area (Å²) in [7, 11) is 0. The highest BCUT2D eigenvalue weighted by molar-refractivity contribution is 5.99. The summed E-state index contributed by atoms with van der Waals surface area (Å²) in [5.74, 6) is -0.0833. The minimum Gasteiger partial charge on any atom is -0.441 e. The molecule has 1 amide bonds. The van der Waals surface area contributed by atoms with Gasteiger partial charge in [-0.3, -0.25) is 4.79 Å². The summed E-state index contributed by atoms with van der Waals surface area (Å²) in [4.78, 5) is 17.4. The van der Waals surface area contributed by atoms with Crippen LogP contribution in [0.5, 0.6) is 0 Å². The molecule has 1 unspecified atom stereocenters. The quantitative estimate of drug-likeness (QED) is 0.442. The first-order chi connectivity index (χ1) is 14.4. The van der Waals surface area contributed by atoms with Crippen molar-refractivity contribution in [3.05, 3.63) is 94.6 Å². The summed E-state index contributed by atoms with van der Waals surface area (Å²) in [5.41, 5.74) is 6.15. The lowest BCUT2D eigenvalue weighted by molar-refractivity contribution is -0.116. The van der Waals surface area contributed by atoms with Gasteiger partial charge in [0.15, 0.2) is 11.5 Å². The Morgan fingerprint density at radius 3 is 2.47 bits per heavy atom. The minimum absolute atomic E-state index is 0.143. The average molecular weight is 402 g/mol. The van der Waals surface area contributed by atoms with Crippen LogP contribution in [-0.4, -0.2) is 10.9 Å². The number of benzene rings is 3. The van der Waals surface area contributed by atoms with Crippen LogP contribution in [0.25, 0.3) is 11.1 Å². The van der Waals surface area contributed by atoms with Gasteiger partial charge in [0, 0.05) is 19.3 Å². The molecule has 0 bridgehead atoms. The van der Waals surface area contributed by atoms with E-state index in [2.05, 4.69) is 29.4 Å². The molecule has 4 nitrogen and oxygen atoms in total. The van der Waals surface area contributed by atoms with E-state index in [1.165, 1.54) is 17.7 Å². The Labute approximate surface area is 174 Å². The zero-order valence-electron chi connectivity index (χ0n) is 17.2.